The highest BCUT2D eigenvalue weighted by molar-refractivity contribution is 5.92. The molecule has 0 aliphatic carbocycles. The topological polar surface area (TPSA) is 38.7 Å². The number of carbonyl (C=O) groups is 1. The van der Waals surface area contributed by atoms with Crippen molar-refractivity contribution < 1.29 is 9.53 Å². The molecule has 1 rings (SSSR count). The molecule has 0 atom stereocenters. The molecule has 0 heterocycles. The lowest BCUT2D eigenvalue weighted by molar-refractivity contribution is -0.122. The fourth-order valence-electron chi connectivity index (χ4n) is 1.11. The summed E-state index contributed by atoms with van der Waals surface area (Å²) in [6, 6.07) is 9.79. The van der Waals surface area contributed by atoms with Crippen LogP contribution in [-0.2, 0) is 16.1 Å². The Hall–Kier alpha value is -1.48. The zero-order chi connectivity index (χ0) is 10.9. The van der Waals surface area contributed by atoms with E-state index in [0.29, 0.717) is 13.0 Å². The van der Waals surface area contributed by atoms with Gasteiger partial charge in [-0.1, -0.05) is 30.3 Å². The van der Waals surface area contributed by atoms with Crippen molar-refractivity contribution in [2.24, 2.45) is 4.99 Å². The van der Waals surface area contributed by atoms with Crippen molar-refractivity contribution in [1.29, 1.82) is 0 Å². The summed E-state index contributed by atoms with van der Waals surface area (Å²) >= 11 is 0. The molecule has 0 saturated carbocycles. The van der Waals surface area contributed by atoms with Crippen LogP contribution in [0.5, 0.6) is 0 Å². The molecule has 0 aliphatic rings. The minimum absolute atomic E-state index is 0.0523. The predicted octanol–water partition coefficient (Wildman–Crippen LogP) is 1.86. The van der Waals surface area contributed by atoms with E-state index in [4.69, 9.17) is 4.74 Å². The van der Waals surface area contributed by atoms with Gasteiger partial charge in [-0.15, -0.1) is 0 Å². The lowest BCUT2D eigenvalue weighted by Gasteiger charge is -2.02. The zero-order valence-corrected chi connectivity index (χ0v) is 8.85. The third kappa shape index (κ3) is 5.08. The quantitative estimate of drug-likeness (QED) is 0.665. The van der Waals surface area contributed by atoms with Crippen LogP contribution in [0.2, 0.25) is 0 Å². The molecule has 15 heavy (non-hydrogen) atoms. The van der Waals surface area contributed by atoms with Crippen molar-refractivity contribution in [3.05, 3.63) is 35.9 Å². The monoisotopic (exact) mass is 205 g/mol. The Kier molecular flexibility index (Phi) is 5.33. The lowest BCUT2D eigenvalue weighted by Crippen LogP contribution is -2.08. The molecule has 0 aliphatic heterocycles. The molecular formula is C12H15NO2. The number of carbonyl (C=O) groups excluding carboxylic acids is 1. The summed E-state index contributed by atoms with van der Waals surface area (Å²) in [5.74, 6) is 0.0523. The third-order valence-electron chi connectivity index (χ3n) is 1.88. The highest BCUT2D eigenvalue weighted by atomic mass is 16.5. The Morgan fingerprint density at radius 3 is 2.80 bits per heavy atom. The molecule has 1 aromatic carbocycles. The van der Waals surface area contributed by atoms with E-state index in [1.807, 2.05) is 30.3 Å². The van der Waals surface area contributed by atoms with E-state index in [1.165, 1.54) is 0 Å². The molecule has 0 bridgehead atoms. The SMILES string of the molecule is C/N=C\CC(=O)COCc1ccccc1. The van der Waals surface area contributed by atoms with Crippen molar-refractivity contribution in [1.82, 2.24) is 0 Å². The molecule has 0 saturated heterocycles. The van der Waals surface area contributed by atoms with Crippen LogP contribution in [0, 0.1) is 0 Å². The van der Waals surface area contributed by atoms with Gasteiger partial charge in [0.2, 0.25) is 0 Å². The van der Waals surface area contributed by atoms with Crippen LogP contribution in [0.4, 0.5) is 0 Å². The fourth-order valence-corrected chi connectivity index (χ4v) is 1.11. The summed E-state index contributed by atoms with van der Waals surface area (Å²) in [7, 11) is 1.65. The third-order valence-corrected chi connectivity index (χ3v) is 1.88. The van der Waals surface area contributed by atoms with Crippen LogP contribution in [0.15, 0.2) is 35.3 Å². The predicted molar refractivity (Wildman–Crippen MR) is 60.1 cm³/mol. The van der Waals surface area contributed by atoms with Gasteiger partial charge in [0.05, 0.1) is 6.61 Å². The smallest absolute Gasteiger partial charge is 0.163 e. The summed E-state index contributed by atoms with van der Waals surface area (Å²) in [5.41, 5.74) is 1.08. The normalized spacial score (nSPS) is 10.7. The molecule has 0 spiro atoms. The van der Waals surface area contributed by atoms with Gasteiger partial charge in [0.25, 0.3) is 0 Å². The summed E-state index contributed by atoms with van der Waals surface area (Å²) in [5, 5.41) is 0. The van der Waals surface area contributed by atoms with Gasteiger partial charge < -0.3 is 9.73 Å². The summed E-state index contributed by atoms with van der Waals surface area (Å²) in [6.45, 7) is 0.636. The number of aliphatic imine (C=N–C) groups is 1. The molecule has 0 N–H and O–H groups in total. The Balaban J connectivity index is 2.19. The van der Waals surface area contributed by atoms with Gasteiger partial charge in [0.15, 0.2) is 5.78 Å². The van der Waals surface area contributed by atoms with E-state index in [2.05, 4.69) is 4.99 Å². The molecule has 0 fully saturated rings. The molecule has 80 valence electrons. The number of hydrogen-bond donors (Lipinski definition) is 0. The van der Waals surface area contributed by atoms with Crippen LogP contribution in [0.3, 0.4) is 0 Å². The summed E-state index contributed by atoms with van der Waals surface area (Å²) in [6.07, 6.45) is 1.94. The maximum atomic E-state index is 11.2. The highest BCUT2D eigenvalue weighted by Gasteiger charge is 1.99. The zero-order valence-electron chi connectivity index (χ0n) is 8.85. The fraction of sp³-hybridized carbons (Fsp3) is 0.333. The van der Waals surface area contributed by atoms with Crippen molar-refractivity contribution >= 4 is 12.0 Å². The first-order valence-corrected chi connectivity index (χ1v) is 4.87. The van der Waals surface area contributed by atoms with Crippen LogP contribution in [-0.4, -0.2) is 25.7 Å². The van der Waals surface area contributed by atoms with Crippen molar-refractivity contribution in [2.75, 3.05) is 13.7 Å². The molecular weight excluding hydrogens is 190 g/mol. The van der Waals surface area contributed by atoms with Gasteiger partial charge in [0.1, 0.15) is 6.61 Å². The van der Waals surface area contributed by atoms with Gasteiger partial charge in [0, 0.05) is 19.7 Å². The van der Waals surface area contributed by atoms with E-state index >= 15 is 0 Å². The van der Waals surface area contributed by atoms with Gasteiger partial charge in [-0.3, -0.25) is 4.79 Å². The van der Waals surface area contributed by atoms with E-state index in [1.54, 1.807) is 13.3 Å². The Labute approximate surface area is 89.8 Å². The van der Waals surface area contributed by atoms with Gasteiger partial charge >= 0.3 is 0 Å². The standard InChI is InChI=1S/C12H15NO2/c1-13-8-7-12(14)10-15-9-11-5-3-2-4-6-11/h2-6,8H,7,9-10H2,1H3/b13-8-. The Morgan fingerprint density at radius 2 is 2.13 bits per heavy atom. The number of ether oxygens (including phenoxy) is 1. The minimum Gasteiger partial charge on any atom is -0.369 e. The Morgan fingerprint density at radius 1 is 1.40 bits per heavy atom. The van der Waals surface area contributed by atoms with Gasteiger partial charge in [-0.25, -0.2) is 0 Å². The minimum atomic E-state index is 0.0523. The molecule has 0 unspecified atom stereocenters. The number of benzene rings is 1. The van der Waals surface area contributed by atoms with E-state index in [9.17, 15) is 4.79 Å². The van der Waals surface area contributed by atoms with Crippen molar-refractivity contribution in [2.45, 2.75) is 13.0 Å². The maximum absolute atomic E-state index is 11.2. The molecule has 1 aromatic rings. The van der Waals surface area contributed by atoms with Gasteiger partial charge in [-0.2, -0.15) is 0 Å². The van der Waals surface area contributed by atoms with Crippen LogP contribution < -0.4 is 0 Å². The van der Waals surface area contributed by atoms with E-state index in [0.717, 1.165) is 5.56 Å². The van der Waals surface area contributed by atoms with Crippen LogP contribution in [0.25, 0.3) is 0 Å². The number of Topliss-reactive ketones (excluding diaryl/α,β-unsaturated/α-hetero) is 1. The van der Waals surface area contributed by atoms with E-state index < -0.39 is 0 Å². The van der Waals surface area contributed by atoms with Crippen LogP contribution in [0.1, 0.15) is 12.0 Å². The summed E-state index contributed by atoms with van der Waals surface area (Å²) < 4.78 is 5.27. The van der Waals surface area contributed by atoms with Crippen molar-refractivity contribution in [3.8, 4) is 0 Å². The molecule has 0 radical (unpaired) electrons. The largest absolute Gasteiger partial charge is 0.369 e. The average Bonchev–Trinajstić information content (AvgIpc) is 2.28. The number of hydrogen-bond acceptors (Lipinski definition) is 3. The average molecular weight is 205 g/mol. The number of rotatable bonds is 6. The first kappa shape index (κ1) is 11.6. The molecule has 3 nitrogen and oxygen atoms in total. The molecule has 3 heteroatoms. The molecule has 0 aromatic heterocycles. The maximum Gasteiger partial charge on any atom is 0.163 e. The van der Waals surface area contributed by atoms with E-state index in [-0.39, 0.29) is 12.4 Å². The molecule has 0 amide bonds. The van der Waals surface area contributed by atoms with Crippen molar-refractivity contribution in [3.63, 3.8) is 0 Å². The van der Waals surface area contributed by atoms with Crippen LogP contribution >= 0.6 is 0 Å². The Bertz CT molecular complexity index is 320. The number of nitrogens with zero attached hydrogens (tertiary/aromatic N) is 1. The number of ketones is 1. The highest BCUT2D eigenvalue weighted by Crippen LogP contribution is 2.00. The lowest BCUT2D eigenvalue weighted by atomic mass is 10.2. The second-order valence-electron chi connectivity index (χ2n) is 3.16. The second kappa shape index (κ2) is 6.90. The summed E-state index contributed by atoms with van der Waals surface area (Å²) in [4.78, 5) is 14.9. The first-order valence-electron chi connectivity index (χ1n) is 4.87. The second-order valence-corrected chi connectivity index (χ2v) is 3.16. The first-order chi connectivity index (χ1) is 7.33. The van der Waals surface area contributed by atoms with Gasteiger partial charge in [-0.05, 0) is 5.56 Å².